The van der Waals surface area contributed by atoms with E-state index >= 15 is 0 Å². The lowest BCUT2D eigenvalue weighted by atomic mass is 9.99. The molecule has 0 aliphatic carbocycles. The van der Waals surface area contributed by atoms with Crippen molar-refractivity contribution in [3.63, 3.8) is 0 Å². The van der Waals surface area contributed by atoms with E-state index in [0.29, 0.717) is 28.6 Å². The van der Waals surface area contributed by atoms with Crippen molar-refractivity contribution in [2.75, 3.05) is 37.7 Å². The molecule has 198 valence electrons. The van der Waals surface area contributed by atoms with Crippen LogP contribution < -0.4 is 10.9 Å². The van der Waals surface area contributed by atoms with Crippen molar-refractivity contribution in [3.05, 3.63) is 70.7 Å². The van der Waals surface area contributed by atoms with Gasteiger partial charge in [0.05, 0.1) is 6.54 Å². The van der Waals surface area contributed by atoms with Crippen LogP contribution in [0.1, 0.15) is 11.1 Å². The molecule has 0 saturated carbocycles. The molecule has 38 heavy (non-hydrogen) atoms. The number of hydrogen-bond donors (Lipinski definition) is 1. The van der Waals surface area contributed by atoms with Crippen LogP contribution in [-0.2, 0) is 29.2 Å². The van der Waals surface area contributed by atoms with Gasteiger partial charge in [-0.25, -0.2) is 23.5 Å². The van der Waals surface area contributed by atoms with Gasteiger partial charge in [0.25, 0.3) is 5.56 Å². The summed E-state index contributed by atoms with van der Waals surface area (Å²) in [5, 5.41) is 3.70. The number of rotatable bonds is 7. The zero-order valence-corrected chi connectivity index (χ0v) is 23.5. The van der Waals surface area contributed by atoms with Gasteiger partial charge in [0.2, 0.25) is 5.95 Å². The molecule has 0 saturated heterocycles. The molecule has 10 nitrogen and oxygen atoms in total. The minimum Gasteiger partial charge on any atom is -0.324 e. The van der Waals surface area contributed by atoms with E-state index in [1.54, 1.807) is 53.2 Å². The summed E-state index contributed by atoms with van der Waals surface area (Å²) in [4.78, 5) is 30.6. The molecule has 1 aromatic carbocycles. The molecule has 0 fully saturated rings. The Morgan fingerprint density at radius 1 is 1.26 bits per heavy atom. The van der Waals surface area contributed by atoms with Crippen molar-refractivity contribution in [3.8, 4) is 5.82 Å². The quantitative estimate of drug-likeness (QED) is 0.272. The SMILES string of the molecule is C=CCn1c(=O)c2cnc(Nc3cc4c(c(SC)c3)CCN(C)C4)nc2n1-c1cccc(N=S(C)(C)=O)n1. The second-order valence-electron chi connectivity index (χ2n) is 9.47. The summed E-state index contributed by atoms with van der Waals surface area (Å²) in [6.45, 7) is 5.97. The fourth-order valence-corrected chi connectivity index (χ4v) is 5.88. The highest BCUT2D eigenvalue weighted by Gasteiger charge is 2.20. The van der Waals surface area contributed by atoms with Crippen LogP contribution in [-0.4, -0.2) is 65.8 Å². The Morgan fingerprint density at radius 2 is 2.08 bits per heavy atom. The Kier molecular flexibility index (Phi) is 7.12. The number of hydrogen-bond acceptors (Lipinski definition) is 9. The summed E-state index contributed by atoms with van der Waals surface area (Å²) in [6.07, 6.45) is 9.38. The van der Waals surface area contributed by atoms with E-state index < -0.39 is 9.73 Å². The zero-order chi connectivity index (χ0) is 27.0. The van der Waals surface area contributed by atoms with E-state index in [-0.39, 0.29) is 12.1 Å². The number of nitrogens with zero attached hydrogens (tertiary/aromatic N) is 7. The monoisotopic (exact) mass is 550 g/mol. The first-order valence-corrected chi connectivity index (χ1v) is 15.6. The van der Waals surface area contributed by atoms with Crippen LogP contribution in [0.5, 0.6) is 0 Å². The van der Waals surface area contributed by atoms with Crippen LogP contribution in [0.25, 0.3) is 16.9 Å². The first kappa shape index (κ1) is 26.1. The molecule has 0 atom stereocenters. The molecule has 0 unspecified atom stereocenters. The van der Waals surface area contributed by atoms with Gasteiger partial charge in [-0.05, 0) is 55.1 Å². The average Bonchev–Trinajstić information content (AvgIpc) is 3.13. The maximum atomic E-state index is 13.3. The molecule has 5 rings (SSSR count). The Labute approximate surface area is 226 Å². The van der Waals surface area contributed by atoms with Gasteiger partial charge in [0, 0.05) is 52.1 Å². The van der Waals surface area contributed by atoms with Gasteiger partial charge in [-0.1, -0.05) is 12.1 Å². The smallest absolute Gasteiger partial charge is 0.278 e. The molecule has 1 aliphatic heterocycles. The predicted molar refractivity (Wildman–Crippen MR) is 155 cm³/mol. The van der Waals surface area contributed by atoms with Gasteiger partial charge in [0.15, 0.2) is 17.3 Å². The van der Waals surface area contributed by atoms with Crippen LogP contribution in [0.3, 0.4) is 0 Å². The van der Waals surface area contributed by atoms with Crippen LogP contribution in [0, 0.1) is 0 Å². The molecular weight excluding hydrogens is 520 g/mol. The third-order valence-electron chi connectivity index (χ3n) is 6.19. The van der Waals surface area contributed by atoms with E-state index in [9.17, 15) is 9.00 Å². The van der Waals surface area contributed by atoms with Crippen molar-refractivity contribution < 1.29 is 4.21 Å². The highest BCUT2D eigenvalue weighted by atomic mass is 32.2. The third kappa shape index (κ3) is 5.24. The van der Waals surface area contributed by atoms with Crippen LogP contribution in [0.15, 0.2) is 63.2 Å². The lowest BCUT2D eigenvalue weighted by Crippen LogP contribution is -2.27. The zero-order valence-electron chi connectivity index (χ0n) is 21.8. The molecular formula is C26H30N8O2S2. The molecule has 0 spiro atoms. The maximum Gasteiger partial charge on any atom is 0.278 e. The van der Waals surface area contributed by atoms with E-state index in [4.69, 9.17) is 4.98 Å². The normalized spacial score (nSPS) is 13.9. The second kappa shape index (κ2) is 10.4. The first-order chi connectivity index (χ1) is 18.2. The number of fused-ring (bicyclic) bond motifs is 2. The summed E-state index contributed by atoms with van der Waals surface area (Å²) in [6, 6.07) is 9.46. The molecule has 4 heterocycles. The molecule has 0 amide bonds. The number of thioether (sulfide) groups is 1. The summed E-state index contributed by atoms with van der Waals surface area (Å²) < 4.78 is 19.6. The number of benzene rings is 1. The van der Waals surface area contributed by atoms with Crippen molar-refractivity contribution in [2.45, 2.75) is 24.4 Å². The molecule has 3 aromatic heterocycles. The van der Waals surface area contributed by atoms with Gasteiger partial charge >= 0.3 is 0 Å². The number of pyridine rings is 1. The Balaban J connectivity index is 1.62. The van der Waals surface area contributed by atoms with Gasteiger partial charge in [-0.3, -0.25) is 4.79 Å². The van der Waals surface area contributed by atoms with Gasteiger partial charge in [-0.15, -0.1) is 18.3 Å². The largest absolute Gasteiger partial charge is 0.324 e. The Bertz CT molecular complexity index is 1730. The molecule has 0 radical (unpaired) electrons. The van der Waals surface area contributed by atoms with Crippen LogP contribution >= 0.6 is 11.8 Å². The highest BCUT2D eigenvalue weighted by molar-refractivity contribution is 7.98. The van der Waals surface area contributed by atoms with E-state index in [1.807, 2.05) is 0 Å². The number of nitrogens with one attached hydrogen (secondary N) is 1. The van der Waals surface area contributed by atoms with Gasteiger partial charge in [-0.2, -0.15) is 9.35 Å². The van der Waals surface area contributed by atoms with E-state index in [0.717, 1.165) is 25.2 Å². The average molecular weight is 551 g/mol. The van der Waals surface area contributed by atoms with E-state index in [2.05, 4.69) is 56.6 Å². The summed E-state index contributed by atoms with van der Waals surface area (Å²) in [5.74, 6) is 1.10. The summed E-state index contributed by atoms with van der Waals surface area (Å²) in [7, 11) is -0.286. The van der Waals surface area contributed by atoms with Crippen molar-refractivity contribution in [1.29, 1.82) is 0 Å². The van der Waals surface area contributed by atoms with Gasteiger partial charge < -0.3 is 10.2 Å². The fourth-order valence-electron chi connectivity index (χ4n) is 4.60. The van der Waals surface area contributed by atoms with Crippen molar-refractivity contribution in [2.24, 2.45) is 4.36 Å². The highest BCUT2D eigenvalue weighted by Crippen LogP contribution is 2.32. The Morgan fingerprint density at radius 3 is 2.82 bits per heavy atom. The number of anilines is 2. The molecule has 12 heteroatoms. The third-order valence-corrected chi connectivity index (χ3v) is 7.62. The molecule has 1 aliphatic rings. The fraction of sp³-hybridized carbons (Fsp3) is 0.308. The number of likely N-dealkylation sites (N-methyl/N-ethyl adjacent to an activating group) is 1. The minimum absolute atomic E-state index is 0.245. The maximum absolute atomic E-state index is 13.3. The minimum atomic E-state index is -2.41. The van der Waals surface area contributed by atoms with Gasteiger partial charge in [0.1, 0.15) is 5.39 Å². The molecule has 1 N–H and O–H groups in total. The lowest BCUT2D eigenvalue weighted by Gasteiger charge is -2.27. The summed E-state index contributed by atoms with van der Waals surface area (Å²) >= 11 is 1.73. The molecule has 4 aromatic rings. The van der Waals surface area contributed by atoms with Crippen LogP contribution in [0.4, 0.5) is 17.5 Å². The second-order valence-corrected chi connectivity index (χ2v) is 12.9. The Hall–Kier alpha value is -3.48. The predicted octanol–water partition coefficient (Wildman–Crippen LogP) is 3.98. The number of allylic oxidation sites excluding steroid dienone is 1. The topological polar surface area (TPSA) is 110 Å². The number of aromatic nitrogens is 5. The summed E-state index contributed by atoms with van der Waals surface area (Å²) in [5.41, 5.74) is 3.72. The van der Waals surface area contributed by atoms with Crippen molar-refractivity contribution in [1.82, 2.24) is 29.2 Å². The molecule has 0 bridgehead atoms. The lowest BCUT2D eigenvalue weighted by molar-refractivity contribution is 0.311. The first-order valence-electron chi connectivity index (χ1n) is 12.1. The van der Waals surface area contributed by atoms with E-state index in [1.165, 1.54) is 26.9 Å². The van der Waals surface area contributed by atoms with Crippen LogP contribution in [0.2, 0.25) is 0 Å². The standard InChI is InChI=1S/C26H30N8O2S2/c1-6-11-33-25(35)20-15-27-26(28-18-13-17-16-32(2)12-10-19(17)21(14-18)37-3)30-24(20)34(33)23-9-7-8-22(29-23)31-38(4,5)36/h6-9,13-15H,1,10-12,16H2,2-5H3,(H,27,28,30). The van der Waals surface area contributed by atoms with Crippen molar-refractivity contribution >= 4 is 50.0 Å².